The lowest BCUT2D eigenvalue weighted by molar-refractivity contribution is -0.118. The Hall–Kier alpha value is -2.01. The number of nitrogens with one attached hydrogen (secondary N) is 1. The smallest absolute Gasteiger partial charge is 0.262 e. The molecule has 0 heterocycles. The van der Waals surface area contributed by atoms with Crippen LogP contribution in [0.4, 0.5) is 5.69 Å². The van der Waals surface area contributed by atoms with Gasteiger partial charge in [0.15, 0.2) is 6.61 Å². The van der Waals surface area contributed by atoms with Crippen molar-refractivity contribution in [3.63, 3.8) is 0 Å². The van der Waals surface area contributed by atoms with Crippen LogP contribution < -0.4 is 14.8 Å². The monoisotopic (exact) mass is 433 g/mol. The molecular weight excluding hydrogens is 406 g/mol. The molecule has 0 aliphatic heterocycles. The molecule has 1 unspecified atom stereocenters. The standard InChI is InChI=1S/C22H28BrNO3/c1-4-6-13-26-19-10-8-18(9-11-19)24-22(25)15-27-21-12-7-17(14-20(21)23)16(3)5-2/h7-12,14,16H,4-6,13,15H2,1-3H3,(H,24,25). The number of halogens is 1. The molecule has 0 saturated carbocycles. The first-order valence-electron chi connectivity index (χ1n) is 9.48. The number of hydrogen-bond acceptors (Lipinski definition) is 3. The molecule has 0 radical (unpaired) electrons. The zero-order valence-electron chi connectivity index (χ0n) is 16.3. The minimum atomic E-state index is -0.201. The van der Waals surface area contributed by atoms with Crippen molar-refractivity contribution in [3.05, 3.63) is 52.5 Å². The van der Waals surface area contributed by atoms with E-state index < -0.39 is 0 Å². The van der Waals surface area contributed by atoms with Crippen molar-refractivity contribution in [2.45, 2.75) is 46.0 Å². The lowest BCUT2D eigenvalue weighted by atomic mass is 9.99. The Bertz CT molecular complexity index is 731. The number of amides is 1. The van der Waals surface area contributed by atoms with Crippen molar-refractivity contribution in [1.82, 2.24) is 0 Å². The van der Waals surface area contributed by atoms with Crippen LogP contribution in [0.5, 0.6) is 11.5 Å². The predicted octanol–water partition coefficient (Wildman–Crippen LogP) is 6.16. The topological polar surface area (TPSA) is 47.6 Å². The highest BCUT2D eigenvalue weighted by Crippen LogP contribution is 2.30. The van der Waals surface area contributed by atoms with Gasteiger partial charge in [0.1, 0.15) is 11.5 Å². The summed E-state index contributed by atoms with van der Waals surface area (Å²) in [6.07, 6.45) is 3.21. The summed E-state index contributed by atoms with van der Waals surface area (Å²) >= 11 is 3.52. The maximum absolute atomic E-state index is 12.1. The van der Waals surface area contributed by atoms with Crippen LogP contribution in [0.25, 0.3) is 0 Å². The molecule has 27 heavy (non-hydrogen) atoms. The Morgan fingerprint density at radius 2 is 1.85 bits per heavy atom. The van der Waals surface area contributed by atoms with E-state index >= 15 is 0 Å². The molecule has 0 spiro atoms. The maximum atomic E-state index is 12.1. The van der Waals surface area contributed by atoms with Gasteiger partial charge in [-0.2, -0.15) is 0 Å². The zero-order valence-corrected chi connectivity index (χ0v) is 17.8. The van der Waals surface area contributed by atoms with Crippen LogP contribution in [0.2, 0.25) is 0 Å². The average Bonchev–Trinajstić information content (AvgIpc) is 2.68. The molecule has 4 nitrogen and oxygen atoms in total. The predicted molar refractivity (Wildman–Crippen MR) is 114 cm³/mol. The van der Waals surface area contributed by atoms with E-state index in [1.54, 1.807) is 0 Å². The van der Waals surface area contributed by atoms with Crippen molar-refractivity contribution in [1.29, 1.82) is 0 Å². The van der Waals surface area contributed by atoms with Gasteiger partial charge in [0.2, 0.25) is 0 Å². The summed E-state index contributed by atoms with van der Waals surface area (Å²) in [7, 11) is 0. The van der Waals surface area contributed by atoms with Gasteiger partial charge in [-0.1, -0.05) is 33.3 Å². The Labute approximate surface area is 170 Å². The summed E-state index contributed by atoms with van der Waals surface area (Å²) < 4.78 is 12.1. The number of carbonyl (C=O) groups is 1. The van der Waals surface area contributed by atoms with Crippen LogP contribution >= 0.6 is 15.9 Å². The van der Waals surface area contributed by atoms with Crippen molar-refractivity contribution in [2.24, 2.45) is 0 Å². The van der Waals surface area contributed by atoms with Crippen LogP contribution in [0.15, 0.2) is 46.9 Å². The van der Waals surface area contributed by atoms with Gasteiger partial charge < -0.3 is 14.8 Å². The third-order valence-corrected chi connectivity index (χ3v) is 5.02. The fraction of sp³-hybridized carbons (Fsp3) is 0.409. The number of benzene rings is 2. The summed E-state index contributed by atoms with van der Waals surface area (Å²) in [6.45, 7) is 7.15. The van der Waals surface area contributed by atoms with Gasteiger partial charge in [-0.05, 0) is 76.7 Å². The number of anilines is 1. The van der Waals surface area contributed by atoms with Crippen LogP contribution in [0.3, 0.4) is 0 Å². The summed E-state index contributed by atoms with van der Waals surface area (Å²) in [5, 5.41) is 2.83. The summed E-state index contributed by atoms with van der Waals surface area (Å²) in [5.74, 6) is 1.76. The van der Waals surface area contributed by atoms with E-state index in [-0.39, 0.29) is 12.5 Å². The molecule has 0 aromatic heterocycles. The van der Waals surface area contributed by atoms with Gasteiger partial charge in [-0.15, -0.1) is 0 Å². The number of unbranched alkanes of at least 4 members (excludes halogenated alkanes) is 1. The second kappa shape index (κ2) is 11.0. The highest BCUT2D eigenvalue weighted by atomic mass is 79.9. The molecular formula is C22H28BrNO3. The molecule has 146 valence electrons. The summed E-state index contributed by atoms with van der Waals surface area (Å²) in [4.78, 5) is 12.1. The number of rotatable bonds is 10. The van der Waals surface area contributed by atoms with Gasteiger partial charge in [-0.25, -0.2) is 0 Å². The molecule has 0 bridgehead atoms. The van der Waals surface area contributed by atoms with E-state index in [1.165, 1.54) is 5.56 Å². The van der Waals surface area contributed by atoms with E-state index in [4.69, 9.17) is 9.47 Å². The first-order chi connectivity index (χ1) is 13.0. The molecule has 1 amide bonds. The van der Waals surface area contributed by atoms with Gasteiger partial charge >= 0.3 is 0 Å². The summed E-state index contributed by atoms with van der Waals surface area (Å²) in [6, 6.07) is 13.4. The highest BCUT2D eigenvalue weighted by molar-refractivity contribution is 9.10. The van der Waals surface area contributed by atoms with Crippen LogP contribution in [0, 0.1) is 0 Å². The molecule has 2 aromatic carbocycles. The van der Waals surface area contributed by atoms with Gasteiger partial charge in [-0.3, -0.25) is 4.79 Å². The number of carbonyl (C=O) groups excluding carboxylic acids is 1. The largest absolute Gasteiger partial charge is 0.494 e. The fourth-order valence-corrected chi connectivity index (χ4v) is 3.00. The van der Waals surface area contributed by atoms with Crippen LogP contribution in [0.1, 0.15) is 51.5 Å². The third kappa shape index (κ3) is 6.90. The normalized spacial score (nSPS) is 11.7. The molecule has 1 atom stereocenters. The van der Waals surface area contributed by atoms with Crippen molar-refractivity contribution in [3.8, 4) is 11.5 Å². The van der Waals surface area contributed by atoms with Crippen molar-refractivity contribution >= 4 is 27.5 Å². The fourth-order valence-electron chi connectivity index (χ4n) is 2.49. The Kier molecular flexibility index (Phi) is 8.65. The lowest BCUT2D eigenvalue weighted by Gasteiger charge is -2.13. The first-order valence-corrected chi connectivity index (χ1v) is 10.3. The van der Waals surface area contributed by atoms with Gasteiger partial charge in [0, 0.05) is 5.69 Å². The second-order valence-corrected chi connectivity index (χ2v) is 7.42. The molecule has 0 aliphatic carbocycles. The van der Waals surface area contributed by atoms with Crippen LogP contribution in [-0.2, 0) is 4.79 Å². The molecule has 0 saturated heterocycles. The minimum absolute atomic E-state index is 0.0456. The quantitative estimate of drug-likeness (QED) is 0.456. The van der Waals surface area contributed by atoms with E-state index in [2.05, 4.69) is 48.1 Å². The van der Waals surface area contributed by atoms with Crippen molar-refractivity contribution < 1.29 is 14.3 Å². The molecule has 5 heteroatoms. The maximum Gasteiger partial charge on any atom is 0.262 e. The zero-order chi connectivity index (χ0) is 19.6. The number of hydrogen-bond donors (Lipinski definition) is 1. The minimum Gasteiger partial charge on any atom is -0.494 e. The van der Waals surface area contributed by atoms with E-state index in [0.717, 1.165) is 35.2 Å². The first kappa shape index (κ1) is 21.3. The molecule has 0 fully saturated rings. The Balaban J connectivity index is 1.84. The molecule has 2 aromatic rings. The SMILES string of the molecule is CCCCOc1ccc(NC(=O)COc2ccc(C(C)CC)cc2Br)cc1. The van der Waals surface area contributed by atoms with E-state index in [9.17, 15) is 4.79 Å². The Morgan fingerprint density at radius 1 is 1.11 bits per heavy atom. The van der Waals surface area contributed by atoms with E-state index in [1.807, 2.05) is 36.4 Å². The summed E-state index contributed by atoms with van der Waals surface area (Å²) in [5.41, 5.74) is 1.97. The highest BCUT2D eigenvalue weighted by Gasteiger charge is 2.09. The molecule has 2 rings (SSSR count). The Morgan fingerprint density at radius 3 is 2.48 bits per heavy atom. The molecule has 0 aliphatic rings. The van der Waals surface area contributed by atoms with Gasteiger partial charge in [0.25, 0.3) is 5.91 Å². The number of ether oxygens (including phenoxy) is 2. The van der Waals surface area contributed by atoms with Crippen molar-refractivity contribution in [2.75, 3.05) is 18.5 Å². The molecule has 1 N–H and O–H groups in total. The third-order valence-electron chi connectivity index (χ3n) is 4.40. The van der Waals surface area contributed by atoms with E-state index in [0.29, 0.717) is 18.3 Å². The second-order valence-electron chi connectivity index (χ2n) is 6.56. The lowest BCUT2D eigenvalue weighted by Crippen LogP contribution is -2.20. The van der Waals surface area contributed by atoms with Crippen LogP contribution in [-0.4, -0.2) is 19.1 Å². The van der Waals surface area contributed by atoms with Gasteiger partial charge in [0.05, 0.1) is 11.1 Å². The average molecular weight is 434 g/mol.